The zero-order chi connectivity index (χ0) is 22.7. The number of ketones is 1. The monoisotopic (exact) mass is 451 g/mol. The van der Waals surface area contributed by atoms with E-state index in [9.17, 15) is 18.0 Å². The second kappa shape index (κ2) is 8.84. The Balaban J connectivity index is 1.42. The van der Waals surface area contributed by atoms with E-state index in [0.29, 0.717) is 12.4 Å². The maximum absolute atomic E-state index is 13.0. The normalized spacial score (nSPS) is 13.6. The van der Waals surface area contributed by atoms with Crippen LogP contribution in [0.4, 0.5) is 0 Å². The summed E-state index contributed by atoms with van der Waals surface area (Å²) in [7, 11) is -3.90. The third-order valence-corrected chi connectivity index (χ3v) is 6.84. The molecule has 0 bridgehead atoms. The first-order valence-electron chi connectivity index (χ1n) is 10.1. The summed E-state index contributed by atoms with van der Waals surface area (Å²) in [5, 5.41) is 2.70. The van der Waals surface area contributed by atoms with Crippen LogP contribution in [0.3, 0.4) is 0 Å². The summed E-state index contributed by atoms with van der Waals surface area (Å²) in [6.07, 6.45) is 0. The molecule has 0 fully saturated rings. The first-order valence-corrected chi connectivity index (χ1v) is 11.6. The Bertz CT molecular complexity index is 1280. The summed E-state index contributed by atoms with van der Waals surface area (Å²) in [6.45, 7) is 2.94. The summed E-state index contributed by atoms with van der Waals surface area (Å²) >= 11 is 0. The Hall–Kier alpha value is -3.65. The third kappa shape index (κ3) is 4.09. The quantitative estimate of drug-likeness (QED) is 0.433. The lowest BCUT2D eigenvalue weighted by molar-refractivity contribution is 0.0945. The summed E-state index contributed by atoms with van der Waals surface area (Å²) in [6, 6.07) is 17.3. The van der Waals surface area contributed by atoms with Crippen molar-refractivity contribution in [2.24, 2.45) is 0 Å². The van der Waals surface area contributed by atoms with E-state index in [1.165, 1.54) is 30.3 Å². The molecule has 1 aliphatic rings. The average Bonchev–Trinajstić information content (AvgIpc) is 2.81. The van der Waals surface area contributed by atoms with Gasteiger partial charge in [-0.25, -0.2) is 8.42 Å². The van der Waals surface area contributed by atoms with Crippen LogP contribution in [-0.2, 0) is 9.84 Å². The van der Waals surface area contributed by atoms with Crippen molar-refractivity contribution in [3.63, 3.8) is 0 Å². The van der Waals surface area contributed by atoms with E-state index >= 15 is 0 Å². The largest absolute Gasteiger partial charge is 0.494 e. The molecule has 0 unspecified atom stereocenters. The Morgan fingerprint density at radius 2 is 1.53 bits per heavy atom. The summed E-state index contributed by atoms with van der Waals surface area (Å²) in [5.74, 6) is 0.558. The van der Waals surface area contributed by atoms with Crippen LogP contribution < -0.4 is 14.8 Å². The van der Waals surface area contributed by atoms with Crippen molar-refractivity contribution in [3.05, 3.63) is 83.4 Å². The molecule has 0 radical (unpaired) electrons. The van der Waals surface area contributed by atoms with Gasteiger partial charge in [0, 0.05) is 16.7 Å². The molecule has 0 aliphatic carbocycles. The predicted octanol–water partition coefficient (Wildman–Crippen LogP) is 3.27. The van der Waals surface area contributed by atoms with E-state index in [4.69, 9.17) is 9.47 Å². The van der Waals surface area contributed by atoms with Gasteiger partial charge in [-0.15, -0.1) is 0 Å². The molecule has 3 aromatic rings. The molecule has 1 N–H and O–H groups in total. The number of amides is 1. The lowest BCUT2D eigenvalue weighted by atomic mass is 10.0. The highest BCUT2D eigenvalue weighted by molar-refractivity contribution is 7.91. The van der Waals surface area contributed by atoms with Crippen molar-refractivity contribution >= 4 is 21.5 Å². The molecular weight excluding hydrogens is 430 g/mol. The van der Waals surface area contributed by atoms with E-state index in [1.54, 1.807) is 36.4 Å². The highest BCUT2D eigenvalue weighted by atomic mass is 32.2. The summed E-state index contributed by atoms with van der Waals surface area (Å²) < 4.78 is 36.9. The highest BCUT2D eigenvalue weighted by Gasteiger charge is 2.34. The van der Waals surface area contributed by atoms with Gasteiger partial charge in [0.1, 0.15) is 18.1 Å². The van der Waals surface area contributed by atoms with Gasteiger partial charge in [-0.2, -0.15) is 0 Å². The number of hydrogen-bond donors (Lipinski definition) is 1. The maximum atomic E-state index is 13.0. The highest BCUT2D eigenvalue weighted by Crippen LogP contribution is 2.34. The first-order chi connectivity index (χ1) is 15.4. The van der Waals surface area contributed by atoms with Gasteiger partial charge in [0.25, 0.3) is 5.91 Å². The second-order valence-electron chi connectivity index (χ2n) is 7.05. The maximum Gasteiger partial charge on any atom is 0.251 e. The van der Waals surface area contributed by atoms with Crippen LogP contribution >= 0.6 is 0 Å². The standard InChI is InChI=1S/C24H21NO6S/c1-2-30-17-8-10-18(11-9-17)31-14-13-25-24(27)16-7-12-20-22(15-16)32(28,29)21-6-4-3-5-19(21)23(20)26/h3-12,15H,2,13-14H2,1H3,(H,25,27). The van der Waals surface area contributed by atoms with Crippen LogP contribution in [-0.4, -0.2) is 39.9 Å². The van der Waals surface area contributed by atoms with Crippen LogP contribution in [0.25, 0.3) is 0 Å². The molecule has 32 heavy (non-hydrogen) atoms. The molecule has 8 heteroatoms. The first kappa shape index (κ1) is 21.6. The van der Waals surface area contributed by atoms with Crippen LogP contribution in [0.2, 0.25) is 0 Å². The van der Waals surface area contributed by atoms with Gasteiger partial charge in [-0.3, -0.25) is 9.59 Å². The van der Waals surface area contributed by atoms with Crippen LogP contribution in [0.1, 0.15) is 33.2 Å². The number of carbonyl (C=O) groups is 2. The smallest absolute Gasteiger partial charge is 0.251 e. The molecule has 0 aromatic heterocycles. The minimum absolute atomic E-state index is 0.0428. The van der Waals surface area contributed by atoms with Crippen molar-refractivity contribution in [2.75, 3.05) is 19.8 Å². The van der Waals surface area contributed by atoms with Crippen LogP contribution in [0.15, 0.2) is 76.5 Å². The number of carbonyl (C=O) groups excluding carboxylic acids is 2. The van der Waals surface area contributed by atoms with E-state index in [1.807, 2.05) is 6.92 Å². The Morgan fingerprint density at radius 3 is 2.25 bits per heavy atom. The van der Waals surface area contributed by atoms with E-state index in [2.05, 4.69) is 5.32 Å². The zero-order valence-corrected chi connectivity index (χ0v) is 18.1. The Kier molecular flexibility index (Phi) is 5.96. The van der Waals surface area contributed by atoms with E-state index in [0.717, 1.165) is 5.75 Å². The number of benzene rings is 3. The van der Waals surface area contributed by atoms with Gasteiger partial charge in [0.15, 0.2) is 5.78 Å². The minimum atomic E-state index is -3.90. The van der Waals surface area contributed by atoms with Crippen molar-refractivity contribution in [1.29, 1.82) is 0 Å². The number of sulfone groups is 1. The van der Waals surface area contributed by atoms with Crippen molar-refractivity contribution in [1.82, 2.24) is 5.32 Å². The van der Waals surface area contributed by atoms with Crippen molar-refractivity contribution in [2.45, 2.75) is 16.7 Å². The van der Waals surface area contributed by atoms with Crippen molar-refractivity contribution in [3.8, 4) is 11.5 Å². The molecule has 0 saturated heterocycles. The molecule has 0 saturated carbocycles. The molecule has 0 spiro atoms. The predicted molar refractivity (Wildman–Crippen MR) is 117 cm³/mol. The van der Waals surface area contributed by atoms with E-state index < -0.39 is 15.7 Å². The fourth-order valence-corrected chi connectivity index (χ4v) is 5.14. The SMILES string of the molecule is CCOc1ccc(OCCNC(=O)c2ccc3c(c2)S(=O)(=O)c2ccccc2C3=O)cc1. The average molecular weight is 452 g/mol. The number of rotatable bonds is 7. The Morgan fingerprint density at radius 1 is 0.875 bits per heavy atom. The number of nitrogens with one attached hydrogen (secondary N) is 1. The van der Waals surface area contributed by atoms with Crippen molar-refractivity contribution < 1.29 is 27.5 Å². The van der Waals surface area contributed by atoms with Gasteiger partial charge >= 0.3 is 0 Å². The third-order valence-electron chi connectivity index (χ3n) is 4.99. The molecule has 1 aliphatic heterocycles. The van der Waals surface area contributed by atoms with Crippen LogP contribution in [0, 0.1) is 0 Å². The topological polar surface area (TPSA) is 98.8 Å². The lowest BCUT2D eigenvalue weighted by Gasteiger charge is -2.19. The number of ether oxygens (including phenoxy) is 2. The van der Waals surface area contributed by atoms with Gasteiger partial charge in [0.05, 0.1) is 22.9 Å². The van der Waals surface area contributed by atoms with Gasteiger partial charge in [-0.05, 0) is 61.5 Å². The van der Waals surface area contributed by atoms with Gasteiger partial charge < -0.3 is 14.8 Å². The fraction of sp³-hybridized carbons (Fsp3) is 0.167. The molecule has 164 valence electrons. The fourth-order valence-electron chi connectivity index (χ4n) is 3.46. The molecule has 7 nitrogen and oxygen atoms in total. The Labute approximate surface area is 185 Å². The van der Waals surface area contributed by atoms with Gasteiger partial charge in [-0.1, -0.05) is 12.1 Å². The van der Waals surface area contributed by atoms with Crippen LogP contribution in [0.5, 0.6) is 11.5 Å². The molecule has 4 rings (SSSR count). The van der Waals surface area contributed by atoms with Gasteiger partial charge in [0.2, 0.25) is 9.84 Å². The molecule has 1 amide bonds. The number of hydrogen-bond acceptors (Lipinski definition) is 6. The molecule has 1 heterocycles. The van der Waals surface area contributed by atoms with E-state index in [-0.39, 0.29) is 45.4 Å². The summed E-state index contributed by atoms with van der Waals surface area (Å²) in [5.41, 5.74) is 0.364. The molecule has 0 atom stereocenters. The minimum Gasteiger partial charge on any atom is -0.494 e. The molecule has 3 aromatic carbocycles. The summed E-state index contributed by atoms with van der Waals surface area (Å²) in [4.78, 5) is 25.0. The lowest BCUT2D eigenvalue weighted by Crippen LogP contribution is -2.29. The zero-order valence-electron chi connectivity index (χ0n) is 17.3. The second-order valence-corrected chi connectivity index (χ2v) is 8.93. The molecular formula is C24H21NO6S. The number of fused-ring (bicyclic) bond motifs is 2.